The third kappa shape index (κ3) is 6.51. The van der Waals surface area contributed by atoms with Crippen molar-refractivity contribution in [2.24, 2.45) is 0 Å². The van der Waals surface area contributed by atoms with Gasteiger partial charge in [0.2, 0.25) is 0 Å². The second-order valence-electron chi connectivity index (χ2n) is 12.8. The number of nitrogens with zero attached hydrogens (tertiary/aromatic N) is 4. The van der Waals surface area contributed by atoms with E-state index in [1.807, 2.05) is 49.5 Å². The minimum absolute atomic E-state index is 0. The fraction of sp³-hybridized carbons (Fsp3) is 0.186. The van der Waals surface area contributed by atoms with Crippen LogP contribution in [0.5, 0.6) is 0 Å². The molecular formula is C43H37FIrN4O-2. The molecule has 0 aliphatic heterocycles. The predicted octanol–water partition coefficient (Wildman–Crippen LogP) is 11.3. The standard InChI is InChI=1S/C30H26N3O.C13H11FN.Ir/c1-18(2)20-10-7-11-21(19(3)4)28(20)33-26-17-31-16-15-25(26)32-30(33)24-13-8-12-23-22-9-5-6-14-27(22)34-29(23)24;1-9-3-5-11(12(14)7-9)13-6-4-10(2)8-15-13;/h5-12,14-19H,1-4H3;3-4,6-8H,1-2H3;/q2*-1;/i;1D3;. The zero-order chi connectivity index (χ0) is 36.7. The monoisotopic (exact) mass is 840 g/mol. The molecule has 0 saturated heterocycles. The van der Waals surface area contributed by atoms with Crippen LogP contribution in [0.4, 0.5) is 4.39 Å². The van der Waals surface area contributed by atoms with Crippen molar-refractivity contribution in [2.75, 3.05) is 0 Å². The van der Waals surface area contributed by atoms with Gasteiger partial charge < -0.3 is 14.0 Å². The van der Waals surface area contributed by atoms with Gasteiger partial charge in [-0.15, -0.1) is 42.0 Å². The van der Waals surface area contributed by atoms with Crippen LogP contribution in [0.2, 0.25) is 0 Å². The molecule has 0 saturated carbocycles. The van der Waals surface area contributed by atoms with E-state index in [1.54, 1.807) is 18.5 Å². The Bertz CT molecular complexity index is 2530. The molecule has 7 heteroatoms. The molecule has 1 radical (unpaired) electrons. The molecule has 50 heavy (non-hydrogen) atoms. The summed E-state index contributed by atoms with van der Waals surface area (Å²) in [5.41, 5.74) is 9.70. The van der Waals surface area contributed by atoms with Gasteiger partial charge in [-0.2, -0.15) is 0 Å². The maximum atomic E-state index is 13.8. The van der Waals surface area contributed by atoms with Gasteiger partial charge in [-0.1, -0.05) is 99.6 Å². The fourth-order valence-corrected chi connectivity index (χ4v) is 6.23. The van der Waals surface area contributed by atoms with E-state index >= 15 is 0 Å². The molecular weight excluding hydrogens is 800 g/mol. The number of imidazole rings is 1. The Morgan fingerprint density at radius 3 is 2.32 bits per heavy atom. The number of aryl methyl sites for hydroxylation is 2. The van der Waals surface area contributed by atoms with Gasteiger partial charge in [0.25, 0.3) is 0 Å². The Hall–Kier alpha value is -4.97. The van der Waals surface area contributed by atoms with Crippen LogP contribution in [-0.4, -0.2) is 19.5 Å². The van der Waals surface area contributed by atoms with Crippen LogP contribution in [0.25, 0.3) is 61.3 Å². The van der Waals surface area contributed by atoms with Gasteiger partial charge in [0.15, 0.2) is 0 Å². The van der Waals surface area contributed by atoms with E-state index in [-0.39, 0.29) is 31.2 Å². The third-order valence-electron chi connectivity index (χ3n) is 8.65. The average molecular weight is 840 g/mol. The molecule has 0 atom stereocenters. The summed E-state index contributed by atoms with van der Waals surface area (Å²) in [6.45, 7) is 8.53. The summed E-state index contributed by atoms with van der Waals surface area (Å²) in [6.07, 6.45) is 5.33. The molecule has 0 amide bonds. The van der Waals surface area contributed by atoms with Crippen molar-refractivity contribution >= 4 is 33.0 Å². The Morgan fingerprint density at radius 1 is 0.840 bits per heavy atom. The van der Waals surface area contributed by atoms with E-state index in [0.29, 0.717) is 17.5 Å². The SMILES string of the molecule is CC(C)c1cccc(C(C)C)c1-n1c(-c2[c-]ccc3c2oc2ccccc23)nc2ccncc21.[2H]C([2H])([2H])c1c[c-]c(-c2ccc(C)cn2)c(F)c1.[Ir]. The number of benzene rings is 4. The van der Waals surface area contributed by atoms with Crippen molar-refractivity contribution in [2.45, 2.75) is 53.3 Å². The van der Waals surface area contributed by atoms with Gasteiger partial charge in [-0.05, 0) is 53.3 Å². The Labute approximate surface area is 309 Å². The molecule has 0 aliphatic carbocycles. The minimum Gasteiger partial charge on any atom is -0.501 e. The fourth-order valence-electron chi connectivity index (χ4n) is 6.23. The predicted molar refractivity (Wildman–Crippen MR) is 197 cm³/mol. The van der Waals surface area contributed by atoms with Crippen LogP contribution in [-0.2, 0) is 20.1 Å². The maximum absolute atomic E-state index is 13.8. The number of hydrogen-bond donors (Lipinski definition) is 0. The molecule has 0 N–H and O–H groups in total. The number of furan rings is 1. The van der Waals surface area contributed by atoms with Crippen LogP contribution in [0, 0.1) is 31.7 Å². The molecule has 4 heterocycles. The molecule has 0 unspecified atom stereocenters. The quantitative estimate of drug-likeness (QED) is 0.162. The van der Waals surface area contributed by atoms with Gasteiger partial charge in [-0.3, -0.25) is 14.4 Å². The van der Waals surface area contributed by atoms with Gasteiger partial charge in [0.05, 0.1) is 28.6 Å². The van der Waals surface area contributed by atoms with Crippen LogP contribution in [0.3, 0.4) is 0 Å². The summed E-state index contributed by atoms with van der Waals surface area (Å²) >= 11 is 0. The molecule has 0 aliphatic rings. The molecule has 4 aromatic carbocycles. The molecule has 0 fully saturated rings. The Balaban J connectivity index is 0.000000215. The minimum atomic E-state index is -2.32. The molecule has 253 valence electrons. The first-order valence-electron chi connectivity index (χ1n) is 17.8. The molecule has 0 bridgehead atoms. The molecule has 0 spiro atoms. The Kier molecular flexibility index (Phi) is 8.99. The zero-order valence-corrected chi connectivity index (χ0v) is 30.8. The molecule has 8 aromatic rings. The van der Waals surface area contributed by atoms with Gasteiger partial charge in [0, 0.05) is 53.5 Å². The topological polar surface area (TPSA) is 56.7 Å². The van der Waals surface area contributed by atoms with Crippen LogP contribution in [0.15, 0.2) is 108 Å². The van der Waals surface area contributed by atoms with Gasteiger partial charge >= 0.3 is 0 Å². The smallest absolute Gasteiger partial charge is 0.120 e. The van der Waals surface area contributed by atoms with Gasteiger partial charge in [0.1, 0.15) is 5.58 Å². The number of aromatic nitrogens is 4. The van der Waals surface area contributed by atoms with Gasteiger partial charge in [-0.25, -0.2) is 0 Å². The first-order chi connectivity index (χ1) is 24.9. The second-order valence-corrected chi connectivity index (χ2v) is 12.8. The first-order valence-corrected chi connectivity index (χ1v) is 16.3. The van der Waals surface area contributed by atoms with E-state index in [0.717, 1.165) is 56.0 Å². The Morgan fingerprint density at radius 2 is 1.62 bits per heavy atom. The first kappa shape index (κ1) is 31.0. The zero-order valence-electron chi connectivity index (χ0n) is 31.4. The van der Waals surface area contributed by atoms with Crippen molar-refractivity contribution in [3.63, 3.8) is 0 Å². The van der Waals surface area contributed by atoms with Crippen molar-refractivity contribution in [3.8, 4) is 28.3 Å². The van der Waals surface area contributed by atoms with Crippen molar-refractivity contribution in [1.82, 2.24) is 19.5 Å². The number of fused-ring (bicyclic) bond motifs is 4. The summed E-state index contributed by atoms with van der Waals surface area (Å²) in [4.78, 5) is 13.7. The van der Waals surface area contributed by atoms with E-state index < -0.39 is 12.7 Å². The largest absolute Gasteiger partial charge is 0.501 e. The van der Waals surface area contributed by atoms with Crippen LogP contribution in [0.1, 0.15) is 65.9 Å². The third-order valence-corrected chi connectivity index (χ3v) is 8.65. The number of hydrogen-bond acceptors (Lipinski definition) is 4. The van der Waals surface area contributed by atoms with Crippen molar-refractivity contribution < 1.29 is 33.0 Å². The number of para-hydroxylation sites is 2. The summed E-state index contributed by atoms with van der Waals surface area (Å²) in [6, 6.07) is 32.7. The summed E-state index contributed by atoms with van der Waals surface area (Å²) in [5.74, 6) is 0.894. The number of halogens is 1. The van der Waals surface area contributed by atoms with Crippen LogP contribution >= 0.6 is 0 Å². The second kappa shape index (κ2) is 14.5. The van der Waals surface area contributed by atoms with E-state index in [2.05, 4.69) is 84.7 Å². The molecule has 8 rings (SSSR count). The van der Waals surface area contributed by atoms with Crippen LogP contribution < -0.4 is 0 Å². The van der Waals surface area contributed by atoms with E-state index in [1.165, 1.54) is 22.9 Å². The normalized spacial score (nSPS) is 12.4. The summed E-state index contributed by atoms with van der Waals surface area (Å²) < 4.78 is 44.1. The molecule has 5 nitrogen and oxygen atoms in total. The summed E-state index contributed by atoms with van der Waals surface area (Å²) in [5, 5.41) is 2.17. The van der Waals surface area contributed by atoms with E-state index in [9.17, 15) is 4.39 Å². The number of rotatable bonds is 5. The summed E-state index contributed by atoms with van der Waals surface area (Å²) in [7, 11) is 0. The van der Waals surface area contributed by atoms with Crippen molar-refractivity contribution in [1.29, 1.82) is 0 Å². The molecule has 4 aromatic heterocycles. The van der Waals surface area contributed by atoms with Crippen molar-refractivity contribution in [3.05, 3.63) is 144 Å². The van der Waals surface area contributed by atoms with E-state index in [4.69, 9.17) is 13.5 Å². The average Bonchev–Trinajstić information content (AvgIpc) is 3.70. The number of pyridine rings is 2. The maximum Gasteiger partial charge on any atom is 0.120 e.